The van der Waals surface area contributed by atoms with E-state index in [1.807, 2.05) is 18.2 Å². The molecule has 0 saturated carbocycles. The molecule has 1 aromatic carbocycles. The lowest BCUT2D eigenvalue weighted by Gasteiger charge is -2.08. The lowest BCUT2D eigenvalue weighted by molar-refractivity contribution is 0.0376. The van der Waals surface area contributed by atoms with Crippen molar-refractivity contribution >= 4 is 38.6 Å². The molecular weight excluding hydrogens is 366 g/mol. The molecule has 0 saturated heterocycles. The van der Waals surface area contributed by atoms with Crippen LogP contribution in [-0.4, -0.2) is 35.1 Å². The third kappa shape index (κ3) is 3.66. The third-order valence-electron chi connectivity index (χ3n) is 4.03. The van der Waals surface area contributed by atoms with E-state index < -0.39 is 5.97 Å². The maximum atomic E-state index is 12.7. The van der Waals surface area contributed by atoms with Crippen LogP contribution >= 0.6 is 11.3 Å². The molecule has 0 bridgehead atoms. The molecule has 0 aliphatic rings. The summed E-state index contributed by atoms with van der Waals surface area (Å²) in [4.78, 5) is 32.4. The standard InChI is InChI=1S/C19H21N3O4S/c1-9(2)26-18(24)14-10(3)15(20-11(14)4)17(23)22-19-21-16-12(25-5)7-6-8-13(16)27-19/h6-9,20H,1-5H3,(H,21,22,23). The van der Waals surface area contributed by atoms with Crippen LogP contribution < -0.4 is 10.1 Å². The SMILES string of the molecule is COc1cccc2sc(NC(=O)c3[nH]c(C)c(C(=O)OC(C)C)c3C)nc12. The van der Waals surface area contributed by atoms with Gasteiger partial charge in [-0.15, -0.1) is 0 Å². The number of aromatic nitrogens is 2. The monoisotopic (exact) mass is 387 g/mol. The number of esters is 1. The Balaban J connectivity index is 1.88. The van der Waals surface area contributed by atoms with Crippen molar-refractivity contribution in [1.29, 1.82) is 0 Å². The van der Waals surface area contributed by atoms with Crippen LogP contribution in [0.4, 0.5) is 5.13 Å². The maximum absolute atomic E-state index is 12.7. The Morgan fingerprint density at radius 3 is 2.67 bits per heavy atom. The fourth-order valence-corrected chi connectivity index (χ4v) is 3.74. The Labute approximate surface area is 160 Å². The minimum Gasteiger partial charge on any atom is -0.494 e. The normalized spacial score (nSPS) is 11.0. The van der Waals surface area contributed by atoms with E-state index >= 15 is 0 Å². The Morgan fingerprint density at radius 1 is 1.26 bits per heavy atom. The van der Waals surface area contributed by atoms with Gasteiger partial charge in [0.05, 0.1) is 23.5 Å². The first-order chi connectivity index (χ1) is 12.8. The third-order valence-corrected chi connectivity index (χ3v) is 4.97. The van der Waals surface area contributed by atoms with E-state index in [9.17, 15) is 9.59 Å². The largest absolute Gasteiger partial charge is 0.494 e. The summed E-state index contributed by atoms with van der Waals surface area (Å²) in [5.41, 5.74) is 2.54. The average Bonchev–Trinajstić information content (AvgIpc) is 3.13. The van der Waals surface area contributed by atoms with Gasteiger partial charge in [0.25, 0.3) is 5.91 Å². The first-order valence-electron chi connectivity index (χ1n) is 8.46. The zero-order valence-corrected chi connectivity index (χ0v) is 16.6. The molecule has 0 radical (unpaired) electrons. The molecule has 3 rings (SSSR count). The number of hydrogen-bond donors (Lipinski definition) is 2. The number of hydrogen-bond acceptors (Lipinski definition) is 6. The Morgan fingerprint density at radius 2 is 2.00 bits per heavy atom. The molecule has 0 unspecified atom stereocenters. The second-order valence-electron chi connectivity index (χ2n) is 6.36. The smallest absolute Gasteiger partial charge is 0.340 e. The molecule has 0 spiro atoms. The van der Waals surface area contributed by atoms with E-state index in [1.54, 1.807) is 34.8 Å². The zero-order valence-electron chi connectivity index (χ0n) is 15.8. The van der Waals surface area contributed by atoms with Crippen molar-refractivity contribution in [2.45, 2.75) is 33.8 Å². The van der Waals surface area contributed by atoms with Crippen molar-refractivity contribution < 1.29 is 19.1 Å². The fourth-order valence-electron chi connectivity index (χ4n) is 2.86. The highest BCUT2D eigenvalue weighted by Crippen LogP contribution is 2.32. The van der Waals surface area contributed by atoms with Crippen LogP contribution in [0.1, 0.15) is 46.0 Å². The number of aromatic amines is 1. The second kappa shape index (κ2) is 7.40. The Hall–Kier alpha value is -2.87. The van der Waals surface area contributed by atoms with Crippen molar-refractivity contribution in [2.24, 2.45) is 0 Å². The minimum absolute atomic E-state index is 0.235. The van der Waals surface area contributed by atoms with E-state index in [0.717, 1.165) is 4.70 Å². The van der Waals surface area contributed by atoms with E-state index in [0.29, 0.717) is 38.9 Å². The molecule has 2 aromatic heterocycles. The van der Waals surface area contributed by atoms with Gasteiger partial charge in [0.15, 0.2) is 5.13 Å². The molecule has 27 heavy (non-hydrogen) atoms. The number of methoxy groups -OCH3 is 1. The molecule has 7 nitrogen and oxygen atoms in total. The number of para-hydroxylation sites is 1. The number of anilines is 1. The summed E-state index contributed by atoms with van der Waals surface area (Å²) in [5, 5.41) is 3.25. The number of H-pyrrole nitrogens is 1. The van der Waals surface area contributed by atoms with Crippen LogP contribution in [0.3, 0.4) is 0 Å². The van der Waals surface area contributed by atoms with Gasteiger partial charge in [-0.25, -0.2) is 9.78 Å². The first kappa shape index (κ1) is 18.9. The van der Waals surface area contributed by atoms with Gasteiger partial charge < -0.3 is 14.5 Å². The van der Waals surface area contributed by atoms with Crippen molar-refractivity contribution in [3.63, 3.8) is 0 Å². The summed E-state index contributed by atoms with van der Waals surface area (Å²) >= 11 is 1.35. The zero-order chi connectivity index (χ0) is 19.7. The summed E-state index contributed by atoms with van der Waals surface area (Å²) in [6, 6.07) is 5.60. The molecule has 0 aliphatic heterocycles. The number of aryl methyl sites for hydroxylation is 1. The van der Waals surface area contributed by atoms with Crippen LogP contribution in [0.15, 0.2) is 18.2 Å². The molecule has 3 aromatic rings. The van der Waals surface area contributed by atoms with Gasteiger partial charge in [-0.2, -0.15) is 0 Å². The topological polar surface area (TPSA) is 93.3 Å². The molecule has 2 heterocycles. The fraction of sp³-hybridized carbons (Fsp3) is 0.316. The number of amides is 1. The number of ether oxygens (including phenoxy) is 2. The molecule has 142 valence electrons. The number of nitrogens with zero attached hydrogens (tertiary/aromatic N) is 1. The van der Waals surface area contributed by atoms with Gasteiger partial charge in [0, 0.05) is 5.69 Å². The second-order valence-corrected chi connectivity index (χ2v) is 7.39. The van der Waals surface area contributed by atoms with Gasteiger partial charge in [0.1, 0.15) is 17.0 Å². The lowest BCUT2D eigenvalue weighted by Crippen LogP contribution is -2.15. The van der Waals surface area contributed by atoms with Crippen LogP contribution in [0.5, 0.6) is 5.75 Å². The van der Waals surface area contributed by atoms with Crippen LogP contribution in [0.25, 0.3) is 10.2 Å². The van der Waals surface area contributed by atoms with Crippen LogP contribution in [-0.2, 0) is 4.74 Å². The minimum atomic E-state index is -0.444. The van der Waals surface area contributed by atoms with Crippen LogP contribution in [0.2, 0.25) is 0 Å². The molecule has 1 amide bonds. The summed E-state index contributed by atoms with van der Waals surface area (Å²) in [6.07, 6.45) is -0.235. The Kier molecular flexibility index (Phi) is 5.18. The molecule has 0 fully saturated rings. The van der Waals surface area contributed by atoms with E-state index in [-0.39, 0.29) is 12.0 Å². The summed E-state index contributed by atoms with van der Waals surface area (Å²) in [6.45, 7) is 7.02. The highest BCUT2D eigenvalue weighted by molar-refractivity contribution is 7.22. The highest BCUT2D eigenvalue weighted by atomic mass is 32.1. The number of benzene rings is 1. The predicted molar refractivity (Wildman–Crippen MR) is 105 cm³/mol. The van der Waals surface area contributed by atoms with Crippen molar-refractivity contribution in [3.8, 4) is 5.75 Å². The number of thiazole rings is 1. The van der Waals surface area contributed by atoms with E-state index in [1.165, 1.54) is 11.3 Å². The average molecular weight is 387 g/mol. The molecule has 2 N–H and O–H groups in total. The lowest BCUT2D eigenvalue weighted by atomic mass is 10.1. The maximum Gasteiger partial charge on any atom is 0.340 e. The van der Waals surface area contributed by atoms with Gasteiger partial charge in [-0.1, -0.05) is 17.4 Å². The van der Waals surface area contributed by atoms with Crippen LogP contribution in [0, 0.1) is 13.8 Å². The van der Waals surface area contributed by atoms with E-state index in [4.69, 9.17) is 9.47 Å². The van der Waals surface area contributed by atoms with Gasteiger partial charge in [0.2, 0.25) is 0 Å². The predicted octanol–water partition coefficient (Wildman–Crippen LogP) is 4.07. The Bertz CT molecular complexity index is 1020. The number of rotatable bonds is 5. The van der Waals surface area contributed by atoms with Crippen molar-refractivity contribution in [1.82, 2.24) is 9.97 Å². The van der Waals surface area contributed by atoms with Crippen molar-refractivity contribution in [3.05, 3.63) is 40.7 Å². The van der Waals surface area contributed by atoms with Gasteiger partial charge >= 0.3 is 5.97 Å². The highest BCUT2D eigenvalue weighted by Gasteiger charge is 2.24. The quantitative estimate of drug-likeness (QED) is 0.644. The van der Waals surface area contributed by atoms with Gasteiger partial charge in [-0.05, 0) is 45.4 Å². The summed E-state index contributed by atoms with van der Waals surface area (Å²) in [7, 11) is 1.58. The summed E-state index contributed by atoms with van der Waals surface area (Å²) < 4.78 is 11.5. The van der Waals surface area contributed by atoms with E-state index in [2.05, 4.69) is 15.3 Å². The molecule has 8 heteroatoms. The molecule has 0 atom stereocenters. The first-order valence-corrected chi connectivity index (χ1v) is 9.28. The molecular formula is C19H21N3O4S. The molecule has 0 aliphatic carbocycles. The summed E-state index contributed by atoms with van der Waals surface area (Å²) in [5.74, 6) is -0.160. The number of nitrogens with one attached hydrogen (secondary N) is 2. The number of carbonyl (C=O) groups is 2. The number of fused-ring (bicyclic) bond motifs is 1. The number of carbonyl (C=O) groups excluding carboxylic acids is 2. The van der Waals surface area contributed by atoms with Crippen molar-refractivity contribution in [2.75, 3.05) is 12.4 Å². The van der Waals surface area contributed by atoms with Gasteiger partial charge in [-0.3, -0.25) is 10.1 Å².